The van der Waals surface area contributed by atoms with Crippen molar-refractivity contribution in [3.63, 3.8) is 0 Å². The molecule has 1 unspecified atom stereocenters. The van der Waals surface area contributed by atoms with Crippen LogP contribution in [0.15, 0.2) is 18.2 Å². The third-order valence-electron chi connectivity index (χ3n) is 3.66. The maximum Gasteiger partial charge on any atom is 0.292 e. The number of likely N-dealkylation sites (N-methyl/N-ethyl adjacent to an activating group) is 1. The van der Waals surface area contributed by atoms with E-state index < -0.39 is 10.8 Å². The topological polar surface area (TPSA) is 102 Å². The second-order valence-corrected chi connectivity index (χ2v) is 4.94. The number of anilines is 1. The number of hydrogen-bond donors (Lipinski definition) is 2. The molecule has 7 nitrogen and oxygen atoms in total. The predicted molar refractivity (Wildman–Crippen MR) is 75.9 cm³/mol. The van der Waals surface area contributed by atoms with Crippen LogP contribution in [0.4, 0.5) is 11.4 Å². The molecule has 0 radical (unpaired) electrons. The summed E-state index contributed by atoms with van der Waals surface area (Å²) in [7, 11) is 1.81. The van der Waals surface area contributed by atoms with Crippen LogP contribution in [0.25, 0.3) is 0 Å². The van der Waals surface area contributed by atoms with Gasteiger partial charge in [0.15, 0.2) is 0 Å². The van der Waals surface area contributed by atoms with Gasteiger partial charge in [0, 0.05) is 31.3 Å². The van der Waals surface area contributed by atoms with Gasteiger partial charge in [-0.15, -0.1) is 0 Å². The average molecular weight is 278 g/mol. The van der Waals surface area contributed by atoms with Gasteiger partial charge in [-0.25, -0.2) is 0 Å². The number of carbonyl (C=O) groups excluding carboxylic acids is 1. The van der Waals surface area contributed by atoms with Crippen LogP contribution in [0.2, 0.25) is 0 Å². The van der Waals surface area contributed by atoms with E-state index in [1.807, 2.05) is 11.9 Å². The van der Waals surface area contributed by atoms with Crippen molar-refractivity contribution in [3.8, 4) is 0 Å². The molecular weight excluding hydrogens is 260 g/mol. The molecule has 1 heterocycles. The molecule has 1 fully saturated rings. The Morgan fingerprint density at radius 2 is 2.30 bits per heavy atom. The van der Waals surface area contributed by atoms with Crippen molar-refractivity contribution in [2.24, 2.45) is 5.73 Å². The summed E-state index contributed by atoms with van der Waals surface area (Å²) in [6.45, 7) is 1.74. The molecule has 7 heteroatoms. The maximum atomic E-state index is 11.3. The fraction of sp³-hybridized carbons (Fsp3) is 0.462. The smallest absolute Gasteiger partial charge is 0.292 e. The molecule has 1 aliphatic heterocycles. The zero-order valence-corrected chi connectivity index (χ0v) is 11.3. The summed E-state index contributed by atoms with van der Waals surface area (Å²) in [5.41, 5.74) is 5.95. The molecule has 0 spiro atoms. The van der Waals surface area contributed by atoms with E-state index in [0.29, 0.717) is 5.69 Å². The SMILES string of the molecule is CN(c1cc(C(N)=O)ccc1[N+](=O)[O-])C1CCCNC1. The Bertz CT molecular complexity index is 526. The number of amides is 1. The summed E-state index contributed by atoms with van der Waals surface area (Å²) in [4.78, 5) is 23.8. The normalized spacial score (nSPS) is 18.6. The summed E-state index contributed by atoms with van der Waals surface area (Å²) < 4.78 is 0. The fourth-order valence-corrected chi connectivity index (χ4v) is 2.47. The Balaban J connectivity index is 2.37. The summed E-state index contributed by atoms with van der Waals surface area (Å²) in [5, 5.41) is 14.4. The van der Waals surface area contributed by atoms with E-state index >= 15 is 0 Å². The molecule has 1 aromatic rings. The first-order valence-corrected chi connectivity index (χ1v) is 6.52. The van der Waals surface area contributed by atoms with Gasteiger partial charge in [0.25, 0.3) is 5.69 Å². The summed E-state index contributed by atoms with van der Waals surface area (Å²) in [6.07, 6.45) is 1.99. The molecule has 20 heavy (non-hydrogen) atoms. The number of nitrogens with zero attached hydrogens (tertiary/aromatic N) is 2. The minimum Gasteiger partial charge on any atom is -0.366 e. The first-order chi connectivity index (χ1) is 9.50. The molecule has 2 rings (SSSR count). The largest absolute Gasteiger partial charge is 0.366 e. The summed E-state index contributed by atoms with van der Waals surface area (Å²) in [5.74, 6) is -0.587. The standard InChI is InChI=1S/C13H18N4O3/c1-16(10-3-2-6-15-8-10)12-7-9(13(14)18)4-5-11(12)17(19)20/h4-5,7,10,15H,2-3,6,8H2,1H3,(H2,14,18). The van der Waals surface area contributed by atoms with E-state index in [-0.39, 0.29) is 17.3 Å². The van der Waals surface area contributed by atoms with E-state index in [4.69, 9.17) is 5.73 Å². The van der Waals surface area contributed by atoms with Crippen molar-refractivity contribution in [2.45, 2.75) is 18.9 Å². The van der Waals surface area contributed by atoms with E-state index in [2.05, 4.69) is 5.32 Å². The lowest BCUT2D eigenvalue weighted by Gasteiger charge is -2.33. The molecule has 1 atom stereocenters. The number of nitro benzene ring substituents is 1. The molecule has 0 aliphatic carbocycles. The van der Waals surface area contributed by atoms with Gasteiger partial charge in [0.05, 0.1) is 4.92 Å². The van der Waals surface area contributed by atoms with Gasteiger partial charge in [0.1, 0.15) is 5.69 Å². The molecule has 0 saturated carbocycles. The van der Waals surface area contributed by atoms with Gasteiger partial charge in [-0.1, -0.05) is 0 Å². The monoisotopic (exact) mass is 278 g/mol. The summed E-state index contributed by atoms with van der Waals surface area (Å²) >= 11 is 0. The van der Waals surface area contributed by atoms with E-state index in [1.165, 1.54) is 18.2 Å². The quantitative estimate of drug-likeness (QED) is 0.629. The molecule has 1 saturated heterocycles. The zero-order chi connectivity index (χ0) is 14.7. The van der Waals surface area contributed by atoms with E-state index in [9.17, 15) is 14.9 Å². The molecule has 108 valence electrons. The van der Waals surface area contributed by atoms with Gasteiger partial charge in [-0.05, 0) is 31.5 Å². The van der Waals surface area contributed by atoms with Crippen LogP contribution in [0, 0.1) is 10.1 Å². The summed E-state index contributed by atoms with van der Waals surface area (Å²) in [6, 6.07) is 4.39. The molecular formula is C13H18N4O3. The van der Waals surface area contributed by atoms with Crippen LogP contribution in [-0.4, -0.2) is 37.0 Å². The van der Waals surface area contributed by atoms with Crippen LogP contribution in [0.3, 0.4) is 0 Å². The Kier molecular flexibility index (Phi) is 4.19. The van der Waals surface area contributed by atoms with Crippen molar-refractivity contribution >= 4 is 17.3 Å². The van der Waals surface area contributed by atoms with Gasteiger partial charge in [-0.2, -0.15) is 0 Å². The Labute approximate surface area is 116 Å². The van der Waals surface area contributed by atoms with Gasteiger partial charge < -0.3 is 16.0 Å². The molecule has 1 aliphatic rings. The van der Waals surface area contributed by atoms with E-state index in [0.717, 1.165) is 25.9 Å². The first-order valence-electron chi connectivity index (χ1n) is 6.52. The Morgan fingerprint density at radius 3 is 2.85 bits per heavy atom. The number of hydrogen-bond acceptors (Lipinski definition) is 5. The predicted octanol–water partition coefficient (Wildman–Crippen LogP) is 0.882. The van der Waals surface area contributed by atoms with Crippen LogP contribution >= 0.6 is 0 Å². The molecule has 3 N–H and O–H groups in total. The van der Waals surface area contributed by atoms with Crippen molar-refractivity contribution < 1.29 is 9.72 Å². The highest BCUT2D eigenvalue weighted by Gasteiger charge is 2.25. The van der Waals surface area contributed by atoms with E-state index in [1.54, 1.807) is 0 Å². The second kappa shape index (κ2) is 5.87. The highest BCUT2D eigenvalue weighted by molar-refractivity contribution is 5.94. The lowest BCUT2D eigenvalue weighted by atomic mass is 10.0. The van der Waals surface area contributed by atoms with Crippen LogP contribution in [-0.2, 0) is 0 Å². The van der Waals surface area contributed by atoms with Crippen molar-refractivity contribution in [1.29, 1.82) is 0 Å². The number of primary amides is 1. The Hall–Kier alpha value is -2.15. The van der Waals surface area contributed by atoms with Gasteiger partial charge >= 0.3 is 0 Å². The molecule has 0 aromatic heterocycles. The number of nitro groups is 1. The second-order valence-electron chi connectivity index (χ2n) is 4.94. The lowest BCUT2D eigenvalue weighted by Crippen LogP contribution is -2.44. The van der Waals surface area contributed by atoms with Crippen molar-refractivity contribution in [2.75, 3.05) is 25.0 Å². The maximum absolute atomic E-state index is 11.3. The third kappa shape index (κ3) is 2.88. The van der Waals surface area contributed by atoms with Gasteiger partial charge in [-0.3, -0.25) is 14.9 Å². The minimum absolute atomic E-state index is 0.0110. The highest BCUT2D eigenvalue weighted by Crippen LogP contribution is 2.30. The fourth-order valence-electron chi connectivity index (χ4n) is 2.47. The van der Waals surface area contributed by atoms with Crippen molar-refractivity contribution in [1.82, 2.24) is 5.32 Å². The highest BCUT2D eigenvalue weighted by atomic mass is 16.6. The number of nitrogens with one attached hydrogen (secondary N) is 1. The zero-order valence-electron chi connectivity index (χ0n) is 11.3. The lowest BCUT2D eigenvalue weighted by molar-refractivity contribution is -0.384. The number of nitrogens with two attached hydrogens (primary N) is 1. The molecule has 0 bridgehead atoms. The molecule has 1 amide bonds. The van der Waals surface area contributed by atoms with Crippen LogP contribution < -0.4 is 16.0 Å². The first kappa shape index (κ1) is 14.3. The number of piperidine rings is 1. The molecule has 1 aromatic carbocycles. The average Bonchev–Trinajstić information content (AvgIpc) is 2.46. The minimum atomic E-state index is -0.587. The van der Waals surface area contributed by atoms with Crippen LogP contribution in [0.1, 0.15) is 23.2 Å². The van der Waals surface area contributed by atoms with Crippen molar-refractivity contribution in [3.05, 3.63) is 33.9 Å². The third-order valence-corrected chi connectivity index (χ3v) is 3.66. The number of benzene rings is 1. The van der Waals surface area contributed by atoms with Gasteiger partial charge in [0.2, 0.25) is 5.91 Å². The number of rotatable bonds is 4. The number of carbonyl (C=O) groups is 1. The Morgan fingerprint density at radius 1 is 1.55 bits per heavy atom. The van der Waals surface area contributed by atoms with Crippen LogP contribution in [0.5, 0.6) is 0 Å².